The van der Waals surface area contributed by atoms with E-state index in [1.165, 1.54) is 0 Å². The number of hydrogen-bond donors (Lipinski definition) is 1. The SMILES string of the molecule is O=C(C1CCNCC1)N1CCN(Cc2cn3ccccc3n2)CC1. The van der Waals surface area contributed by atoms with Crippen molar-refractivity contribution in [2.24, 2.45) is 5.92 Å². The first kappa shape index (κ1) is 15.6. The second kappa shape index (κ2) is 6.91. The Morgan fingerprint density at radius 2 is 1.96 bits per heavy atom. The normalized spacial score (nSPS) is 20.6. The number of nitrogens with zero attached hydrogens (tertiary/aromatic N) is 4. The van der Waals surface area contributed by atoms with Gasteiger partial charge in [-0.2, -0.15) is 0 Å². The van der Waals surface area contributed by atoms with E-state index in [4.69, 9.17) is 0 Å². The number of rotatable bonds is 3. The largest absolute Gasteiger partial charge is 0.340 e. The number of carbonyl (C=O) groups is 1. The van der Waals surface area contributed by atoms with E-state index in [1.54, 1.807) is 0 Å². The molecule has 0 aromatic carbocycles. The lowest BCUT2D eigenvalue weighted by Gasteiger charge is -2.37. The van der Waals surface area contributed by atoms with Crippen molar-refractivity contribution in [2.45, 2.75) is 19.4 Å². The van der Waals surface area contributed by atoms with Gasteiger partial charge in [0.1, 0.15) is 5.65 Å². The molecule has 128 valence electrons. The molecule has 2 aliphatic rings. The Morgan fingerprint density at radius 3 is 2.71 bits per heavy atom. The van der Waals surface area contributed by atoms with Gasteiger partial charge in [0.25, 0.3) is 0 Å². The third-order valence-corrected chi connectivity index (χ3v) is 5.17. The molecule has 2 aromatic heterocycles. The highest BCUT2D eigenvalue weighted by Crippen LogP contribution is 2.17. The van der Waals surface area contributed by atoms with E-state index >= 15 is 0 Å². The molecule has 2 saturated heterocycles. The van der Waals surface area contributed by atoms with Crippen molar-refractivity contribution in [3.63, 3.8) is 0 Å². The van der Waals surface area contributed by atoms with E-state index in [2.05, 4.69) is 30.7 Å². The Morgan fingerprint density at radius 1 is 1.17 bits per heavy atom. The van der Waals surface area contributed by atoms with Gasteiger partial charge in [-0.3, -0.25) is 9.69 Å². The summed E-state index contributed by atoms with van der Waals surface area (Å²) in [7, 11) is 0. The lowest BCUT2D eigenvalue weighted by molar-refractivity contribution is -0.138. The Hall–Kier alpha value is -1.92. The Balaban J connectivity index is 1.31. The summed E-state index contributed by atoms with van der Waals surface area (Å²) in [5.74, 6) is 0.597. The van der Waals surface area contributed by atoms with Gasteiger partial charge >= 0.3 is 0 Å². The van der Waals surface area contributed by atoms with Crippen LogP contribution < -0.4 is 5.32 Å². The number of piperazine rings is 1. The van der Waals surface area contributed by atoms with E-state index in [0.29, 0.717) is 5.91 Å². The molecule has 4 rings (SSSR count). The highest BCUT2D eigenvalue weighted by molar-refractivity contribution is 5.79. The number of piperidine rings is 1. The van der Waals surface area contributed by atoms with E-state index in [9.17, 15) is 4.79 Å². The quantitative estimate of drug-likeness (QED) is 0.913. The molecule has 0 saturated carbocycles. The minimum Gasteiger partial charge on any atom is -0.340 e. The maximum atomic E-state index is 12.6. The number of fused-ring (bicyclic) bond motifs is 1. The van der Waals surface area contributed by atoms with Crippen molar-refractivity contribution >= 4 is 11.6 Å². The molecule has 4 heterocycles. The first-order chi connectivity index (χ1) is 11.8. The monoisotopic (exact) mass is 327 g/mol. The van der Waals surface area contributed by atoms with Gasteiger partial charge in [0.2, 0.25) is 5.91 Å². The molecule has 0 spiro atoms. The maximum Gasteiger partial charge on any atom is 0.225 e. The number of carbonyl (C=O) groups excluding carboxylic acids is 1. The summed E-state index contributed by atoms with van der Waals surface area (Å²) in [4.78, 5) is 21.7. The second-order valence-corrected chi connectivity index (χ2v) is 6.82. The van der Waals surface area contributed by atoms with Crippen LogP contribution in [0.3, 0.4) is 0 Å². The molecule has 0 aliphatic carbocycles. The predicted octanol–water partition coefficient (Wildman–Crippen LogP) is 0.978. The number of pyridine rings is 1. The maximum absolute atomic E-state index is 12.6. The highest BCUT2D eigenvalue weighted by Gasteiger charge is 2.28. The summed E-state index contributed by atoms with van der Waals surface area (Å²) < 4.78 is 2.06. The molecule has 1 N–H and O–H groups in total. The van der Waals surface area contributed by atoms with Crippen LogP contribution in [0.15, 0.2) is 30.6 Å². The minimum absolute atomic E-state index is 0.233. The summed E-state index contributed by atoms with van der Waals surface area (Å²) in [6.45, 7) is 6.37. The lowest BCUT2D eigenvalue weighted by Crippen LogP contribution is -2.51. The van der Waals surface area contributed by atoms with Gasteiger partial charge in [-0.1, -0.05) is 6.07 Å². The fourth-order valence-corrected chi connectivity index (χ4v) is 3.75. The van der Waals surface area contributed by atoms with Crippen molar-refractivity contribution in [1.82, 2.24) is 24.5 Å². The summed E-state index contributed by atoms with van der Waals surface area (Å²) in [6, 6.07) is 6.06. The van der Waals surface area contributed by atoms with Crippen LogP contribution in [0, 0.1) is 5.92 Å². The average molecular weight is 327 g/mol. The number of hydrogen-bond acceptors (Lipinski definition) is 4. The number of nitrogens with one attached hydrogen (secondary N) is 1. The lowest BCUT2D eigenvalue weighted by atomic mass is 9.96. The van der Waals surface area contributed by atoms with Crippen LogP contribution in [-0.2, 0) is 11.3 Å². The summed E-state index contributed by atoms with van der Waals surface area (Å²) in [5.41, 5.74) is 2.09. The van der Waals surface area contributed by atoms with Crippen LogP contribution in [0.25, 0.3) is 5.65 Å². The molecule has 0 atom stereocenters. The van der Waals surface area contributed by atoms with Crippen LogP contribution in [0.1, 0.15) is 18.5 Å². The van der Waals surface area contributed by atoms with Gasteiger partial charge in [-0.25, -0.2) is 4.98 Å². The van der Waals surface area contributed by atoms with Crippen LogP contribution in [-0.4, -0.2) is 64.4 Å². The molecule has 0 unspecified atom stereocenters. The molecule has 24 heavy (non-hydrogen) atoms. The zero-order valence-electron chi connectivity index (χ0n) is 14.0. The average Bonchev–Trinajstić information content (AvgIpc) is 3.05. The van der Waals surface area contributed by atoms with E-state index < -0.39 is 0 Å². The van der Waals surface area contributed by atoms with E-state index in [-0.39, 0.29) is 5.92 Å². The molecule has 6 nitrogen and oxygen atoms in total. The van der Waals surface area contributed by atoms with Crippen LogP contribution in [0.2, 0.25) is 0 Å². The van der Waals surface area contributed by atoms with E-state index in [0.717, 1.165) is 70.0 Å². The minimum atomic E-state index is 0.233. The molecular formula is C18H25N5O. The molecule has 2 aromatic rings. The molecule has 2 aliphatic heterocycles. The standard InChI is InChI=1S/C18H25N5O/c24-18(15-4-6-19-7-5-15)22-11-9-21(10-12-22)13-16-14-23-8-2-1-3-17(23)20-16/h1-3,8,14-15,19H,4-7,9-13H2. The fourth-order valence-electron chi connectivity index (χ4n) is 3.75. The van der Waals surface area contributed by atoms with Crippen LogP contribution >= 0.6 is 0 Å². The Bertz CT molecular complexity index is 665. The second-order valence-electron chi connectivity index (χ2n) is 6.82. The zero-order valence-corrected chi connectivity index (χ0v) is 14.0. The van der Waals surface area contributed by atoms with Crippen molar-refractivity contribution in [1.29, 1.82) is 0 Å². The third-order valence-electron chi connectivity index (χ3n) is 5.17. The van der Waals surface area contributed by atoms with Gasteiger partial charge < -0.3 is 14.6 Å². The first-order valence-corrected chi connectivity index (χ1v) is 8.94. The summed E-state index contributed by atoms with van der Waals surface area (Å²) >= 11 is 0. The highest BCUT2D eigenvalue weighted by atomic mass is 16.2. The van der Waals surface area contributed by atoms with Crippen LogP contribution in [0.5, 0.6) is 0 Å². The Labute approximate surface area is 142 Å². The fraction of sp³-hybridized carbons (Fsp3) is 0.556. The van der Waals surface area contributed by atoms with Gasteiger partial charge in [0, 0.05) is 51.0 Å². The zero-order chi connectivity index (χ0) is 16.4. The number of amides is 1. The first-order valence-electron chi connectivity index (χ1n) is 8.94. The third kappa shape index (κ3) is 3.30. The molecule has 6 heteroatoms. The molecular weight excluding hydrogens is 302 g/mol. The van der Waals surface area contributed by atoms with Gasteiger partial charge in [-0.15, -0.1) is 0 Å². The van der Waals surface area contributed by atoms with Crippen molar-refractivity contribution < 1.29 is 4.79 Å². The molecule has 0 bridgehead atoms. The predicted molar refractivity (Wildman–Crippen MR) is 92.6 cm³/mol. The smallest absolute Gasteiger partial charge is 0.225 e. The van der Waals surface area contributed by atoms with Crippen LogP contribution in [0.4, 0.5) is 0 Å². The van der Waals surface area contributed by atoms with Gasteiger partial charge in [-0.05, 0) is 38.1 Å². The van der Waals surface area contributed by atoms with Crippen molar-refractivity contribution in [3.8, 4) is 0 Å². The Kier molecular flexibility index (Phi) is 4.49. The number of imidazole rings is 1. The topological polar surface area (TPSA) is 52.9 Å². The summed E-state index contributed by atoms with van der Waals surface area (Å²) in [6.07, 6.45) is 6.10. The molecule has 0 radical (unpaired) electrons. The molecule has 1 amide bonds. The number of aromatic nitrogens is 2. The van der Waals surface area contributed by atoms with Crippen molar-refractivity contribution in [2.75, 3.05) is 39.3 Å². The van der Waals surface area contributed by atoms with Gasteiger partial charge in [0.05, 0.1) is 5.69 Å². The summed E-state index contributed by atoms with van der Waals surface area (Å²) in [5, 5.41) is 3.33. The van der Waals surface area contributed by atoms with Crippen molar-refractivity contribution in [3.05, 3.63) is 36.3 Å². The molecule has 2 fully saturated rings. The van der Waals surface area contributed by atoms with E-state index in [1.807, 2.05) is 24.4 Å². The van der Waals surface area contributed by atoms with Gasteiger partial charge in [0.15, 0.2) is 0 Å².